The smallest absolute Gasteiger partial charge is 0.0893 e. The predicted molar refractivity (Wildman–Crippen MR) is 138 cm³/mol. The van der Waals surface area contributed by atoms with Crippen LogP contribution in [0, 0.1) is 6.92 Å². The summed E-state index contributed by atoms with van der Waals surface area (Å²) < 4.78 is 0. The van der Waals surface area contributed by atoms with Gasteiger partial charge >= 0.3 is 0 Å². The van der Waals surface area contributed by atoms with Crippen molar-refractivity contribution in [2.24, 2.45) is 0 Å². The molecule has 0 aliphatic heterocycles. The molecule has 6 aromatic rings. The van der Waals surface area contributed by atoms with Crippen molar-refractivity contribution in [3.63, 3.8) is 0 Å². The van der Waals surface area contributed by atoms with Crippen molar-refractivity contribution in [2.45, 2.75) is 6.92 Å². The minimum Gasteiger partial charge on any atom is -0.255 e. The van der Waals surface area contributed by atoms with E-state index in [1.165, 1.54) is 38.2 Å². The molecule has 0 atom stereocenters. The standard InChI is InChI=1S/C31H22N2/c1-21-16-17-22-9-2-4-11-24(22)30(21)31-25-12-5-3-10-23(25)18-19-26(31)27-14-8-15-29(33-27)28-13-6-7-20-32-28/h2-20H,1H3. The van der Waals surface area contributed by atoms with Gasteiger partial charge in [-0.3, -0.25) is 4.98 Å². The van der Waals surface area contributed by atoms with E-state index in [2.05, 4.69) is 96.8 Å². The minimum atomic E-state index is 0.877. The number of aryl methyl sites for hydroxylation is 1. The minimum absolute atomic E-state index is 0.877. The molecule has 0 saturated carbocycles. The first kappa shape index (κ1) is 19.4. The molecule has 2 aromatic heterocycles. The van der Waals surface area contributed by atoms with Crippen LogP contribution in [0.15, 0.2) is 115 Å². The van der Waals surface area contributed by atoms with E-state index >= 15 is 0 Å². The van der Waals surface area contributed by atoms with Crippen LogP contribution in [-0.2, 0) is 0 Å². The van der Waals surface area contributed by atoms with Gasteiger partial charge in [-0.05, 0) is 69.4 Å². The molecule has 2 nitrogen and oxygen atoms in total. The van der Waals surface area contributed by atoms with Gasteiger partial charge < -0.3 is 0 Å². The molecule has 0 amide bonds. The van der Waals surface area contributed by atoms with Gasteiger partial charge in [0.15, 0.2) is 0 Å². The molecule has 156 valence electrons. The van der Waals surface area contributed by atoms with Gasteiger partial charge in [-0.25, -0.2) is 4.98 Å². The maximum atomic E-state index is 5.05. The highest BCUT2D eigenvalue weighted by molar-refractivity contribution is 6.11. The lowest BCUT2D eigenvalue weighted by Crippen LogP contribution is -1.95. The predicted octanol–water partition coefficient (Wildman–Crippen LogP) is 8.09. The summed E-state index contributed by atoms with van der Waals surface area (Å²) in [6.07, 6.45) is 1.81. The van der Waals surface area contributed by atoms with Crippen molar-refractivity contribution in [1.29, 1.82) is 0 Å². The van der Waals surface area contributed by atoms with Crippen LogP contribution in [-0.4, -0.2) is 9.97 Å². The van der Waals surface area contributed by atoms with E-state index in [0.29, 0.717) is 0 Å². The zero-order chi connectivity index (χ0) is 22.2. The molecule has 0 saturated heterocycles. The molecule has 0 radical (unpaired) electrons. The summed E-state index contributed by atoms with van der Waals surface area (Å²) in [5.74, 6) is 0. The molecule has 2 heterocycles. The Morgan fingerprint density at radius 2 is 1.12 bits per heavy atom. The van der Waals surface area contributed by atoms with E-state index in [-0.39, 0.29) is 0 Å². The van der Waals surface area contributed by atoms with Crippen molar-refractivity contribution in [1.82, 2.24) is 9.97 Å². The second-order valence-electron chi connectivity index (χ2n) is 8.31. The lowest BCUT2D eigenvalue weighted by molar-refractivity contribution is 1.25. The van der Waals surface area contributed by atoms with Gasteiger partial charge in [-0.1, -0.05) is 84.9 Å². The zero-order valence-electron chi connectivity index (χ0n) is 18.4. The Kier molecular flexibility index (Phi) is 4.70. The maximum absolute atomic E-state index is 5.05. The number of hydrogen-bond donors (Lipinski definition) is 0. The van der Waals surface area contributed by atoms with Crippen LogP contribution in [0.25, 0.3) is 55.3 Å². The normalized spacial score (nSPS) is 11.2. The van der Waals surface area contributed by atoms with Gasteiger partial charge in [-0.2, -0.15) is 0 Å². The second-order valence-corrected chi connectivity index (χ2v) is 8.31. The fraction of sp³-hybridized carbons (Fsp3) is 0.0323. The quantitative estimate of drug-likeness (QED) is 0.288. The van der Waals surface area contributed by atoms with Crippen LogP contribution >= 0.6 is 0 Å². The van der Waals surface area contributed by atoms with Gasteiger partial charge in [0.25, 0.3) is 0 Å². The number of benzene rings is 4. The van der Waals surface area contributed by atoms with Gasteiger partial charge in [0.05, 0.1) is 17.1 Å². The van der Waals surface area contributed by atoms with Crippen LogP contribution in [0.5, 0.6) is 0 Å². The van der Waals surface area contributed by atoms with E-state index in [0.717, 1.165) is 22.6 Å². The topological polar surface area (TPSA) is 25.8 Å². The Bertz CT molecular complexity index is 1620. The van der Waals surface area contributed by atoms with Crippen LogP contribution in [0.2, 0.25) is 0 Å². The molecule has 0 N–H and O–H groups in total. The van der Waals surface area contributed by atoms with Gasteiger partial charge in [0.2, 0.25) is 0 Å². The number of nitrogens with zero attached hydrogens (tertiary/aromatic N) is 2. The van der Waals surface area contributed by atoms with E-state index in [1.807, 2.05) is 30.5 Å². The van der Waals surface area contributed by atoms with Crippen molar-refractivity contribution in [3.05, 3.63) is 121 Å². The van der Waals surface area contributed by atoms with Crippen molar-refractivity contribution < 1.29 is 0 Å². The largest absolute Gasteiger partial charge is 0.255 e. The molecule has 0 aliphatic carbocycles. The third kappa shape index (κ3) is 3.37. The fourth-order valence-corrected chi connectivity index (χ4v) is 4.71. The average Bonchev–Trinajstić information content (AvgIpc) is 2.89. The summed E-state index contributed by atoms with van der Waals surface area (Å²) in [6, 6.07) is 38.2. The average molecular weight is 423 g/mol. The molecule has 33 heavy (non-hydrogen) atoms. The maximum Gasteiger partial charge on any atom is 0.0893 e. The Morgan fingerprint density at radius 3 is 1.88 bits per heavy atom. The van der Waals surface area contributed by atoms with Gasteiger partial charge in [-0.15, -0.1) is 0 Å². The van der Waals surface area contributed by atoms with Crippen LogP contribution in [0.4, 0.5) is 0 Å². The fourth-order valence-electron chi connectivity index (χ4n) is 4.71. The summed E-state index contributed by atoms with van der Waals surface area (Å²) in [6.45, 7) is 2.20. The summed E-state index contributed by atoms with van der Waals surface area (Å²) in [5.41, 5.74) is 7.59. The first-order chi connectivity index (χ1) is 16.3. The number of pyridine rings is 2. The van der Waals surface area contributed by atoms with Crippen molar-refractivity contribution in [2.75, 3.05) is 0 Å². The molecule has 0 aliphatic rings. The van der Waals surface area contributed by atoms with E-state index < -0.39 is 0 Å². The van der Waals surface area contributed by atoms with Crippen LogP contribution < -0.4 is 0 Å². The molecule has 0 fully saturated rings. The van der Waals surface area contributed by atoms with Crippen molar-refractivity contribution >= 4 is 21.5 Å². The summed E-state index contributed by atoms with van der Waals surface area (Å²) in [4.78, 5) is 9.56. The lowest BCUT2D eigenvalue weighted by Gasteiger charge is -2.18. The van der Waals surface area contributed by atoms with E-state index in [1.54, 1.807) is 0 Å². The monoisotopic (exact) mass is 422 g/mol. The first-order valence-electron chi connectivity index (χ1n) is 11.2. The van der Waals surface area contributed by atoms with E-state index in [4.69, 9.17) is 4.98 Å². The molecule has 0 bridgehead atoms. The third-order valence-corrected chi connectivity index (χ3v) is 6.27. The second kappa shape index (κ2) is 7.99. The number of hydrogen-bond acceptors (Lipinski definition) is 2. The lowest BCUT2D eigenvalue weighted by atomic mass is 9.86. The SMILES string of the molecule is Cc1ccc2ccccc2c1-c1c(-c2cccc(-c3ccccn3)n2)ccc2ccccc12. The number of aromatic nitrogens is 2. The molecule has 2 heteroatoms. The Balaban J connectivity index is 1.69. The molecule has 4 aromatic carbocycles. The zero-order valence-corrected chi connectivity index (χ0v) is 18.4. The molecule has 0 unspecified atom stereocenters. The Morgan fingerprint density at radius 1 is 0.485 bits per heavy atom. The summed E-state index contributed by atoms with van der Waals surface area (Å²) >= 11 is 0. The highest BCUT2D eigenvalue weighted by Crippen LogP contribution is 2.42. The Hall–Kier alpha value is -4.30. The highest BCUT2D eigenvalue weighted by atomic mass is 14.8. The number of fused-ring (bicyclic) bond motifs is 2. The third-order valence-electron chi connectivity index (χ3n) is 6.27. The number of rotatable bonds is 3. The van der Waals surface area contributed by atoms with E-state index in [9.17, 15) is 0 Å². The van der Waals surface area contributed by atoms with Crippen LogP contribution in [0.1, 0.15) is 5.56 Å². The summed E-state index contributed by atoms with van der Waals surface area (Å²) in [5, 5.41) is 4.96. The van der Waals surface area contributed by atoms with Gasteiger partial charge in [0.1, 0.15) is 0 Å². The molecular formula is C31H22N2. The molecule has 0 spiro atoms. The summed E-state index contributed by atoms with van der Waals surface area (Å²) in [7, 11) is 0. The Labute approximate surface area is 193 Å². The highest BCUT2D eigenvalue weighted by Gasteiger charge is 2.17. The van der Waals surface area contributed by atoms with Gasteiger partial charge in [0, 0.05) is 11.8 Å². The van der Waals surface area contributed by atoms with Crippen molar-refractivity contribution in [3.8, 4) is 33.8 Å². The van der Waals surface area contributed by atoms with Crippen LogP contribution in [0.3, 0.4) is 0 Å². The first-order valence-corrected chi connectivity index (χ1v) is 11.2. The molecular weight excluding hydrogens is 400 g/mol. The molecule has 6 rings (SSSR count).